The van der Waals surface area contributed by atoms with E-state index in [2.05, 4.69) is 30.8 Å². The van der Waals surface area contributed by atoms with Gasteiger partial charge >= 0.3 is 0 Å². The van der Waals surface area contributed by atoms with Crippen molar-refractivity contribution in [3.63, 3.8) is 0 Å². The molecule has 1 heterocycles. The zero-order chi connectivity index (χ0) is 21.6. The fourth-order valence-corrected chi connectivity index (χ4v) is 6.21. The van der Waals surface area contributed by atoms with Crippen LogP contribution in [0.3, 0.4) is 0 Å². The Balaban J connectivity index is 1.41. The number of hydrogen-bond acceptors (Lipinski definition) is 3. The number of benzene rings is 1. The molecule has 0 aliphatic heterocycles. The summed E-state index contributed by atoms with van der Waals surface area (Å²) in [7, 11) is 2.11. The molecule has 31 heavy (non-hydrogen) atoms. The lowest BCUT2D eigenvalue weighted by molar-refractivity contribution is -0.119. The number of aryl methyl sites for hydroxylation is 1. The lowest BCUT2D eigenvalue weighted by Gasteiger charge is -2.34. The monoisotopic (exact) mass is 416 g/mol. The molecule has 5 nitrogen and oxygen atoms in total. The quantitative estimate of drug-likeness (QED) is 0.623. The predicted molar refractivity (Wildman–Crippen MR) is 121 cm³/mol. The van der Waals surface area contributed by atoms with E-state index in [0.717, 1.165) is 37.9 Å². The minimum atomic E-state index is 0.163. The van der Waals surface area contributed by atoms with Crippen LogP contribution in [-0.4, -0.2) is 22.2 Å². The lowest BCUT2D eigenvalue weighted by Crippen LogP contribution is -2.39. The van der Waals surface area contributed by atoms with Crippen molar-refractivity contribution in [2.45, 2.75) is 76.0 Å². The Morgan fingerprint density at radius 2 is 2.03 bits per heavy atom. The molecule has 3 fully saturated rings. The molecule has 5 rings (SSSR count). The summed E-state index contributed by atoms with van der Waals surface area (Å²) in [4.78, 5) is 15.1. The second-order valence-electron chi connectivity index (χ2n) is 10.2. The molecule has 2 bridgehead atoms. The molecule has 3 aliphatic rings. The Kier molecular flexibility index (Phi) is 4.92. The van der Waals surface area contributed by atoms with Crippen LogP contribution in [-0.2, 0) is 17.3 Å². The maximum Gasteiger partial charge on any atom is 0.226 e. The SMILES string of the molecule is CCCC(=O)N(CC12CCC(c3cc(C4CC4)nn3C)(CC1)C2)c1cccc(C#N)c1. The van der Waals surface area contributed by atoms with Gasteiger partial charge in [-0.3, -0.25) is 9.48 Å². The van der Waals surface area contributed by atoms with Gasteiger partial charge in [0.1, 0.15) is 0 Å². The number of rotatable bonds is 7. The van der Waals surface area contributed by atoms with Crippen molar-refractivity contribution in [2.75, 3.05) is 11.4 Å². The third-order valence-electron chi connectivity index (χ3n) is 7.96. The topological polar surface area (TPSA) is 61.9 Å². The summed E-state index contributed by atoms with van der Waals surface area (Å²) in [6, 6.07) is 12.1. The maximum absolute atomic E-state index is 13.1. The third kappa shape index (κ3) is 3.56. The second-order valence-corrected chi connectivity index (χ2v) is 10.2. The van der Waals surface area contributed by atoms with Crippen molar-refractivity contribution in [3.05, 3.63) is 47.3 Å². The van der Waals surface area contributed by atoms with Crippen LogP contribution in [0.4, 0.5) is 5.69 Å². The minimum Gasteiger partial charge on any atom is -0.312 e. The highest BCUT2D eigenvalue weighted by atomic mass is 16.2. The van der Waals surface area contributed by atoms with E-state index in [1.54, 1.807) is 6.07 Å². The molecule has 1 amide bonds. The molecule has 1 aromatic carbocycles. The van der Waals surface area contributed by atoms with Crippen molar-refractivity contribution in [1.82, 2.24) is 9.78 Å². The first-order valence-corrected chi connectivity index (χ1v) is 11.8. The maximum atomic E-state index is 13.1. The van der Waals surface area contributed by atoms with Gasteiger partial charge in [0.05, 0.1) is 17.3 Å². The van der Waals surface area contributed by atoms with E-state index in [0.29, 0.717) is 17.9 Å². The number of nitrogens with zero attached hydrogens (tertiary/aromatic N) is 4. The van der Waals surface area contributed by atoms with Crippen LogP contribution >= 0.6 is 0 Å². The van der Waals surface area contributed by atoms with Crippen LogP contribution < -0.4 is 4.90 Å². The number of nitriles is 1. The first-order valence-electron chi connectivity index (χ1n) is 11.8. The molecule has 0 spiro atoms. The fraction of sp³-hybridized carbons (Fsp3) is 0.577. The Labute approximate surface area is 185 Å². The van der Waals surface area contributed by atoms with E-state index in [1.807, 2.05) is 23.1 Å². The van der Waals surface area contributed by atoms with Gasteiger partial charge in [-0.15, -0.1) is 0 Å². The summed E-state index contributed by atoms with van der Waals surface area (Å²) in [5, 5.41) is 14.2. The molecule has 0 N–H and O–H groups in total. The summed E-state index contributed by atoms with van der Waals surface area (Å²) in [6.45, 7) is 2.81. The van der Waals surface area contributed by atoms with Crippen LogP contribution in [0.15, 0.2) is 30.3 Å². The van der Waals surface area contributed by atoms with Crippen LogP contribution in [0.2, 0.25) is 0 Å². The molecular formula is C26H32N4O. The molecule has 5 heteroatoms. The third-order valence-corrected chi connectivity index (χ3v) is 7.96. The average molecular weight is 417 g/mol. The molecule has 0 unspecified atom stereocenters. The standard InChI is InChI=1S/C26H32N4O/c1-3-5-24(31)30(21-7-4-6-19(14-21)16-27)18-25-10-12-26(17-25,13-11-25)23-15-22(20-8-9-20)28-29(23)2/h4,6-7,14-15,20H,3,5,8-13,17-18H2,1-2H3. The van der Waals surface area contributed by atoms with E-state index < -0.39 is 0 Å². The molecular weight excluding hydrogens is 384 g/mol. The highest BCUT2D eigenvalue weighted by molar-refractivity contribution is 5.93. The molecule has 0 saturated heterocycles. The summed E-state index contributed by atoms with van der Waals surface area (Å²) in [5.41, 5.74) is 4.54. The zero-order valence-electron chi connectivity index (χ0n) is 18.7. The lowest BCUT2D eigenvalue weighted by atomic mass is 9.79. The van der Waals surface area contributed by atoms with E-state index in [1.165, 1.54) is 37.1 Å². The van der Waals surface area contributed by atoms with Gasteiger partial charge in [0, 0.05) is 42.7 Å². The Hall–Kier alpha value is -2.61. The summed E-state index contributed by atoms with van der Waals surface area (Å²) < 4.78 is 2.14. The molecule has 3 aliphatic carbocycles. The van der Waals surface area contributed by atoms with Gasteiger partial charge in [-0.1, -0.05) is 13.0 Å². The van der Waals surface area contributed by atoms with E-state index in [4.69, 9.17) is 5.10 Å². The van der Waals surface area contributed by atoms with Gasteiger partial charge in [0.15, 0.2) is 0 Å². The Morgan fingerprint density at radius 3 is 2.71 bits per heavy atom. The van der Waals surface area contributed by atoms with Crippen molar-refractivity contribution in [2.24, 2.45) is 12.5 Å². The van der Waals surface area contributed by atoms with Crippen LogP contribution in [0.5, 0.6) is 0 Å². The van der Waals surface area contributed by atoms with E-state index >= 15 is 0 Å². The van der Waals surface area contributed by atoms with Crippen molar-refractivity contribution in [1.29, 1.82) is 5.26 Å². The number of hydrogen-bond donors (Lipinski definition) is 0. The number of anilines is 1. The van der Waals surface area contributed by atoms with Crippen LogP contribution in [0.25, 0.3) is 0 Å². The Bertz CT molecular complexity index is 1030. The summed E-state index contributed by atoms with van der Waals surface area (Å²) >= 11 is 0. The highest BCUT2D eigenvalue weighted by Gasteiger charge is 2.57. The van der Waals surface area contributed by atoms with Gasteiger partial charge in [0.25, 0.3) is 0 Å². The first kappa shape index (κ1) is 20.3. The number of fused-ring (bicyclic) bond motifs is 2. The molecule has 2 aromatic rings. The smallest absolute Gasteiger partial charge is 0.226 e. The average Bonchev–Trinajstić information content (AvgIpc) is 3.32. The zero-order valence-corrected chi connectivity index (χ0v) is 18.7. The van der Waals surface area contributed by atoms with Gasteiger partial charge < -0.3 is 4.90 Å². The summed E-state index contributed by atoms with van der Waals surface area (Å²) in [5.74, 6) is 0.853. The van der Waals surface area contributed by atoms with Crippen molar-refractivity contribution < 1.29 is 4.79 Å². The number of carbonyl (C=O) groups excluding carboxylic acids is 1. The minimum absolute atomic E-state index is 0.163. The normalized spacial score (nSPS) is 26.7. The van der Waals surface area contributed by atoms with Crippen LogP contribution in [0.1, 0.15) is 87.6 Å². The first-order chi connectivity index (χ1) is 15.0. The number of amides is 1. The van der Waals surface area contributed by atoms with Crippen LogP contribution in [0, 0.1) is 16.7 Å². The van der Waals surface area contributed by atoms with Gasteiger partial charge in [-0.05, 0) is 81.0 Å². The Morgan fingerprint density at radius 1 is 1.26 bits per heavy atom. The van der Waals surface area contributed by atoms with Crippen molar-refractivity contribution >= 4 is 11.6 Å². The number of carbonyl (C=O) groups is 1. The molecule has 1 aromatic heterocycles. The number of aromatic nitrogens is 2. The van der Waals surface area contributed by atoms with Crippen molar-refractivity contribution in [3.8, 4) is 6.07 Å². The molecule has 162 valence electrons. The van der Waals surface area contributed by atoms with E-state index in [-0.39, 0.29) is 16.7 Å². The van der Waals surface area contributed by atoms with Gasteiger partial charge in [-0.2, -0.15) is 10.4 Å². The largest absolute Gasteiger partial charge is 0.312 e. The predicted octanol–water partition coefficient (Wildman–Crippen LogP) is 5.20. The summed E-state index contributed by atoms with van der Waals surface area (Å²) in [6.07, 6.45) is 9.77. The highest BCUT2D eigenvalue weighted by Crippen LogP contribution is 2.63. The van der Waals surface area contributed by atoms with E-state index in [9.17, 15) is 10.1 Å². The molecule has 0 radical (unpaired) electrons. The second kappa shape index (κ2) is 7.51. The van der Waals surface area contributed by atoms with Gasteiger partial charge in [-0.25, -0.2) is 0 Å². The fourth-order valence-electron chi connectivity index (χ4n) is 6.21. The molecule has 3 saturated carbocycles. The van der Waals surface area contributed by atoms with Gasteiger partial charge in [0.2, 0.25) is 5.91 Å². The molecule has 0 atom stereocenters.